The van der Waals surface area contributed by atoms with Crippen LogP contribution in [0.3, 0.4) is 0 Å². The van der Waals surface area contributed by atoms with E-state index in [4.69, 9.17) is 28.9 Å². The van der Waals surface area contributed by atoms with Crippen molar-refractivity contribution >= 4 is 47.4 Å². The molecule has 0 aliphatic carbocycles. The van der Waals surface area contributed by atoms with Crippen molar-refractivity contribution < 1.29 is 9.59 Å². The van der Waals surface area contributed by atoms with Crippen molar-refractivity contribution in [3.8, 4) is 0 Å². The van der Waals surface area contributed by atoms with Crippen molar-refractivity contribution in [3.05, 3.63) is 33.8 Å². The van der Waals surface area contributed by atoms with Crippen LogP contribution in [0.5, 0.6) is 0 Å². The van der Waals surface area contributed by atoms with Crippen molar-refractivity contribution in [1.29, 1.82) is 0 Å². The Kier molecular flexibility index (Phi) is 8.67. The van der Waals surface area contributed by atoms with Crippen LogP contribution < -0.4 is 5.73 Å². The number of rotatable bonds is 5. The molecule has 26 heavy (non-hydrogen) atoms. The second kappa shape index (κ2) is 9.79. The van der Waals surface area contributed by atoms with Crippen LogP contribution in [0.25, 0.3) is 0 Å². The lowest BCUT2D eigenvalue weighted by atomic mass is 9.81. The SMILES string of the molecule is CCC(CC)(CN)C(=O)N1CCN(C(=O)c2cccc(Cl)c2Cl)CC1.Cl. The van der Waals surface area contributed by atoms with Gasteiger partial charge in [-0.1, -0.05) is 43.1 Å². The minimum absolute atomic E-state index is 0. The van der Waals surface area contributed by atoms with E-state index in [1.807, 2.05) is 18.7 Å². The van der Waals surface area contributed by atoms with Crippen LogP contribution in [0.1, 0.15) is 37.0 Å². The Labute approximate surface area is 171 Å². The highest BCUT2D eigenvalue weighted by Gasteiger charge is 2.38. The number of carbonyl (C=O) groups excluding carboxylic acids is 2. The van der Waals surface area contributed by atoms with Gasteiger partial charge in [-0.05, 0) is 25.0 Å². The maximum Gasteiger partial charge on any atom is 0.255 e. The highest BCUT2D eigenvalue weighted by molar-refractivity contribution is 6.43. The van der Waals surface area contributed by atoms with Crippen LogP contribution in [-0.4, -0.2) is 54.3 Å². The summed E-state index contributed by atoms with van der Waals surface area (Å²) in [6.45, 7) is 6.29. The van der Waals surface area contributed by atoms with Crippen LogP contribution in [0.4, 0.5) is 0 Å². The molecule has 1 fully saturated rings. The predicted molar refractivity (Wildman–Crippen MR) is 108 cm³/mol. The van der Waals surface area contributed by atoms with Gasteiger partial charge in [0, 0.05) is 32.7 Å². The first kappa shape index (κ1) is 23.0. The fourth-order valence-corrected chi connectivity index (χ4v) is 3.60. The molecule has 1 aliphatic heterocycles. The molecule has 2 amide bonds. The fraction of sp³-hybridized carbons (Fsp3) is 0.556. The van der Waals surface area contributed by atoms with E-state index in [1.165, 1.54) is 0 Å². The minimum atomic E-state index is -0.498. The van der Waals surface area contributed by atoms with Crippen molar-refractivity contribution in [2.45, 2.75) is 26.7 Å². The van der Waals surface area contributed by atoms with Crippen molar-refractivity contribution in [3.63, 3.8) is 0 Å². The zero-order valence-electron chi connectivity index (χ0n) is 15.1. The summed E-state index contributed by atoms with van der Waals surface area (Å²) in [7, 11) is 0. The highest BCUT2D eigenvalue weighted by Crippen LogP contribution is 2.29. The normalized spacial score (nSPS) is 14.8. The first-order chi connectivity index (χ1) is 11.9. The van der Waals surface area contributed by atoms with E-state index in [-0.39, 0.29) is 29.2 Å². The molecule has 0 atom stereocenters. The van der Waals surface area contributed by atoms with E-state index in [9.17, 15) is 9.59 Å². The predicted octanol–water partition coefficient (Wildman–Crippen LogP) is 3.46. The summed E-state index contributed by atoms with van der Waals surface area (Å²) < 4.78 is 0. The standard InChI is InChI=1S/C18H25Cl2N3O2.ClH/c1-3-18(4-2,12-21)17(25)23-10-8-22(9-11-23)16(24)13-6-5-7-14(19)15(13)20;/h5-7H,3-4,8-12,21H2,1-2H3;1H. The monoisotopic (exact) mass is 421 g/mol. The molecular weight excluding hydrogens is 397 g/mol. The summed E-state index contributed by atoms with van der Waals surface area (Å²) in [5, 5.41) is 0.631. The average Bonchev–Trinajstić information content (AvgIpc) is 2.65. The zero-order chi connectivity index (χ0) is 18.6. The van der Waals surface area contributed by atoms with Crippen molar-refractivity contribution in [2.24, 2.45) is 11.1 Å². The Morgan fingerprint density at radius 2 is 1.62 bits per heavy atom. The van der Waals surface area contributed by atoms with Gasteiger partial charge in [0.05, 0.1) is 21.0 Å². The van der Waals surface area contributed by atoms with Gasteiger partial charge in [-0.25, -0.2) is 0 Å². The molecule has 1 heterocycles. The molecule has 0 bridgehead atoms. The van der Waals surface area contributed by atoms with Crippen molar-refractivity contribution in [1.82, 2.24) is 9.80 Å². The molecule has 1 aromatic rings. The Morgan fingerprint density at radius 1 is 1.08 bits per heavy atom. The van der Waals surface area contributed by atoms with E-state index in [0.717, 1.165) is 12.8 Å². The molecular formula is C18H26Cl3N3O2. The molecule has 146 valence electrons. The van der Waals surface area contributed by atoms with Crippen LogP contribution in [0.2, 0.25) is 10.0 Å². The minimum Gasteiger partial charge on any atom is -0.339 e. The molecule has 0 aromatic heterocycles. The maximum atomic E-state index is 12.9. The second-order valence-corrected chi connectivity index (χ2v) is 7.16. The number of carbonyl (C=O) groups is 2. The van der Waals surface area contributed by atoms with Crippen molar-refractivity contribution in [2.75, 3.05) is 32.7 Å². The van der Waals surface area contributed by atoms with Gasteiger partial charge >= 0.3 is 0 Å². The number of benzene rings is 1. The summed E-state index contributed by atoms with van der Waals surface area (Å²) in [5.41, 5.74) is 5.78. The van der Waals surface area contributed by atoms with Crippen LogP contribution in [-0.2, 0) is 4.79 Å². The lowest BCUT2D eigenvalue weighted by Gasteiger charge is -2.40. The van der Waals surface area contributed by atoms with E-state index < -0.39 is 5.41 Å². The maximum absolute atomic E-state index is 12.9. The molecule has 0 radical (unpaired) electrons. The molecule has 0 unspecified atom stereocenters. The van der Waals surface area contributed by atoms with E-state index in [2.05, 4.69) is 0 Å². The molecule has 8 heteroatoms. The topological polar surface area (TPSA) is 66.6 Å². The van der Waals surface area contributed by atoms with Gasteiger partial charge in [-0.15, -0.1) is 12.4 Å². The third-order valence-corrected chi connectivity index (χ3v) is 6.05. The Bertz CT molecular complexity index is 634. The third-order valence-electron chi connectivity index (χ3n) is 5.23. The summed E-state index contributed by atoms with van der Waals surface area (Å²) in [5.74, 6) is -0.0662. The van der Waals surface area contributed by atoms with Crippen LogP contribution in [0.15, 0.2) is 18.2 Å². The number of hydrogen-bond donors (Lipinski definition) is 1. The van der Waals surface area contributed by atoms with Gasteiger partial charge in [-0.2, -0.15) is 0 Å². The Hall–Kier alpha value is -1.01. The van der Waals surface area contributed by atoms with E-state index >= 15 is 0 Å². The van der Waals surface area contributed by atoms with Gasteiger partial charge < -0.3 is 15.5 Å². The molecule has 5 nitrogen and oxygen atoms in total. The van der Waals surface area contributed by atoms with Gasteiger partial charge in [0.1, 0.15) is 0 Å². The number of nitrogens with zero attached hydrogens (tertiary/aromatic N) is 2. The largest absolute Gasteiger partial charge is 0.339 e. The summed E-state index contributed by atoms with van der Waals surface area (Å²) >= 11 is 12.1. The first-order valence-corrected chi connectivity index (χ1v) is 9.38. The third kappa shape index (κ3) is 4.45. The Morgan fingerprint density at radius 3 is 2.12 bits per heavy atom. The van der Waals surface area contributed by atoms with Crippen LogP contribution >= 0.6 is 35.6 Å². The quantitative estimate of drug-likeness (QED) is 0.790. The molecule has 0 saturated carbocycles. The smallest absolute Gasteiger partial charge is 0.255 e. The molecule has 1 aromatic carbocycles. The summed E-state index contributed by atoms with van der Waals surface area (Å²) in [6.07, 6.45) is 1.44. The van der Waals surface area contributed by atoms with Crippen LogP contribution in [0, 0.1) is 5.41 Å². The number of amides is 2. The lowest BCUT2D eigenvalue weighted by molar-refractivity contribution is -0.143. The Balaban J connectivity index is 0.00000338. The molecule has 0 spiro atoms. The molecule has 2 rings (SSSR count). The summed E-state index contributed by atoms with van der Waals surface area (Å²) in [6, 6.07) is 5.03. The number of piperazine rings is 1. The highest BCUT2D eigenvalue weighted by atomic mass is 35.5. The lowest BCUT2D eigenvalue weighted by Crippen LogP contribution is -2.55. The average molecular weight is 423 g/mol. The van der Waals surface area contributed by atoms with Gasteiger partial charge in [0.15, 0.2) is 0 Å². The number of nitrogens with two attached hydrogens (primary N) is 1. The number of hydrogen-bond acceptors (Lipinski definition) is 3. The van der Waals surface area contributed by atoms with E-state index in [1.54, 1.807) is 23.1 Å². The molecule has 1 aliphatic rings. The number of halogens is 3. The van der Waals surface area contributed by atoms with E-state index in [0.29, 0.717) is 43.3 Å². The zero-order valence-corrected chi connectivity index (χ0v) is 17.5. The fourth-order valence-electron chi connectivity index (χ4n) is 3.22. The van der Waals surface area contributed by atoms with Gasteiger partial charge in [0.2, 0.25) is 5.91 Å². The second-order valence-electron chi connectivity index (χ2n) is 6.38. The van der Waals surface area contributed by atoms with Gasteiger partial charge in [0.25, 0.3) is 5.91 Å². The summed E-state index contributed by atoms with van der Waals surface area (Å²) in [4.78, 5) is 29.1. The molecule has 2 N–H and O–H groups in total. The van der Waals surface area contributed by atoms with Gasteiger partial charge in [-0.3, -0.25) is 9.59 Å². The molecule has 1 saturated heterocycles. The first-order valence-electron chi connectivity index (χ1n) is 8.63.